The lowest BCUT2D eigenvalue weighted by molar-refractivity contribution is 0.127. The fourth-order valence-electron chi connectivity index (χ4n) is 1.11. The molecule has 1 unspecified atom stereocenters. The third kappa shape index (κ3) is 3.12. The van der Waals surface area contributed by atoms with Gasteiger partial charge in [-0.05, 0) is 31.2 Å². The Labute approximate surface area is 98.5 Å². The van der Waals surface area contributed by atoms with Crippen molar-refractivity contribution in [3.8, 4) is 0 Å². The zero-order valence-corrected chi connectivity index (χ0v) is 9.58. The SMILES string of the molecule is CC1(COC(=O)Nc2ccc(Cl)cc2)CO1. The number of carbonyl (C=O) groups excluding carboxylic acids is 1. The molecule has 1 saturated heterocycles. The van der Waals surface area contributed by atoms with Crippen LogP contribution >= 0.6 is 11.6 Å². The van der Waals surface area contributed by atoms with E-state index in [0.717, 1.165) is 0 Å². The minimum Gasteiger partial charge on any atom is -0.446 e. The molecule has 0 aromatic heterocycles. The van der Waals surface area contributed by atoms with Gasteiger partial charge in [-0.15, -0.1) is 0 Å². The largest absolute Gasteiger partial charge is 0.446 e. The van der Waals surface area contributed by atoms with Gasteiger partial charge in [-0.25, -0.2) is 4.79 Å². The molecule has 4 nitrogen and oxygen atoms in total. The van der Waals surface area contributed by atoms with Crippen LogP contribution in [0.4, 0.5) is 10.5 Å². The van der Waals surface area contributed by atoms with Gasteiger partial charge in [0, 0.05) is 10.7 Å². The summed E-state index contributed by atoms with van der Waals surface area (Å²) in [5.41, 5.74) is 0.369. The Bertz CT molecular complexity index is 387. The molecule has 1 aliphatic heterocycles. The number of hydrogen-bond donors (Lipinski definition) is 1. The van der Waals surface area contributed by atoms with Crippen molar-refractivity contribution in [1.82, 2.24) is 0 Å². The summed E-state index contributed by atoms with van der Waals surface area (Å²) in [6.45, 7) is 2.80. The van der Waals surface area contributed by atoms with Crippen molar-refractivity contribution < 1.29 is 14.3 Å². The first-order valence-electron chi connectivity index (χ1n) is 4.91. The van der Waals surface area contributed by atoms with Gasteiger partial charge in [0.1, 0.15) is 12.2 Å². The normalized spacial score (nSPS) is 22.6. The average Bonchev–Trinajstić information content (AvgIpc) is 2.98. The van der Waals surface area contributed by atoms with Crippen molar-refractivity contribution in [3.05, 3.63) is 29.3 Å². The van der Waals surface area contributed by atoms with Crippen LogP contribution in [0.1, 0.15) is 6.92 Å². The molecular weight excluding hydrogens is 230 g/mol. The maximum atomic E-state index is 11.3. The van der Waals surface area contributed by atoms with Crippen molar-refractivity contribution >= 4 is 23.4 Å². The van der Waals surface area contributed by atoms with E-state index in [1.54, 1.807) is 24.3 Å². The highest BCUT2D eigenvalue weighted by Gasteiger charge is 2.40. The Morgan fingerprint density at radius 1 is 1.56 bits per heavy atom. The van der Waals surface area contributed by atoms with Crippen LogP contribution in [0.25, 0.3) is 0 Å². The van der Waals surface area contributed by atoms with Gasteiger partial charge in [0.15, 0.2) is 0 Å². The van der Waals surface area contributed by atoms with Gasteiger partial charge in [0.25, 0.3) is 0 Å². The molecule has 16 heavy (non-hydrogen) atoms. The van der Waals surface area contributed by atoms with E-state index >= 15 is 0 Å². The van der Waals surface area contributed by atoms with E-state index in [-0.39, 0.29) is 12.2 Å². The summed E-state index contributed by atoms with van der Waals surface area (Å²) in [4.78, 5) is 11.3. The first-order valence-corrected chi connectivity index (χ1v) is 5.29. The molecule has 1 amide bonds. The fraction of sp³-hybridized carbons (Fsp3) is 0.364. The molecule has 1 N–H and O–H groups in total. The quantitative estimate of drug-likeness (QED) is 0.828. The van der Waals surface area contributed by atoms with Crippen LogP contribution in [0.3, 0.4) is 0 Å². The molecule has 0 bridgehead atoms. The Morgan fingerprint density at radius 3 is 2.75 bits per heavy atom. The summed E-state index contributed by atoms with van der Waals surface area (Å²) in [5.74, 6) is 0. The molecule has 1 aromatic rings. The maximum Gasteiger partial charge on any atom is 0.411 e. The van der Waals surface area contributed by atoms with Crippen LogP contribution in [0, 0.1) is 0 Å². The number of anilines is 1. The Balaban J connectivity index is 1.80. The minimum absolute atomic E-state index is 0.270. The van der Waals surface area contributed by atoms with Crippen LogP contribution < -0.4 is 5.32 Å². The maximum absolute atomic E-state index is 11.3. The van der Waals surface area contributed by atoms with Gasteiger partial charge in [-0.1, -0.05) is 11.6 Å². The number of nitrogens with one attached hydrogen (secondary N) is 1. The third-order valence-electron chi connectivity index (χ3n) is 2.24. The summed E-state index contributed by atoms with van der Waals surface area (Å²) in [6.07, 6.45) is -0.487. The number of halogens is 1. The van der Waals surface area contributed by atoms with Crippen LogP contribution in [-0.4, -0.2) is 24.9 Å². The lowest BCUT2D eigenvalue weighted by Crippen LogP contribution is -2.21. The highest BCUT2D eigenvalue weighted by atomic mass is 35.5. The first kappa shape index (κ1) is 11.2. The van der Waals surface area contributed by atoms with Gasteiger partial charge in [-0.3, -0.25) is 5.32 Å². The predicted octanol–water partition coefficient (Wildman–Crippen LogP) is 2.68. The van der Waals surface area contributed by atoms with Gasteiger partial charge in [0.05, 0.1) is 6.61 Å². The number of ether oxygens (including phenoxy) is 2. The average molecular weight is 242 g/mol. The highest BCUT2D eigenvalue weighted by Crippen LogP contribution is 2.25. The molecule has 1 aliphatic rings. The Kier molecular flexibility index (Phi) is 3.03. The molecular formula is C11H12ClNO3. The Hall–Kier alpha value is -1.26. The summed E-state index contributed by atoms with van der Waals surface area (Å²) < 4.78 is 10.1. The molecule has 0 radical (unpaired) electrons. The number of epoxide rings is 1. The molecule has 0 spiro atoms. The zero-order valence-electron chi connectivity index (χ0n) is 8.83. The van der Waals surface area contributed by atoms with Gasteiger partial charge >= 0.3 is 6.09 Å². The zero-order chi connectivity index (χ0) is 11.6. The summed E-state index contributed by atoms with van der Waals surface area (Å²) in [7, 11) is 0. The van der Waals surface area contributed by atoms with Gasteiger partial charge < -0.3 is 9.47 Å². The summed E-state index contributed by atoms with van der Waals surface area (Å²) in [6, 6.07) is 6.81. The third-order valence-corrected chi connectivity index (χ3v) is 2.49. The van der Waals surface area contributed by atoms with Crippen molar-refractivity contribution in [2.75, 3.05) is 18.5 Å². The predicted molar refractivity (Wildman–Crippen MR) is 60.8 cm³/mol. The van der Waals surface area contributed by atoms with Crippen molar-refractivity contribution in [1.29, 1.82) is 0 Å². The molecule has 1 heterocycles. The van der Waals surface area contributed by atoms with E-state index in [9.17, 15) is 4.79 Å². The molecule has 5 heteroatoms. The van der Waals surface area contributed by atoms with E-state index in [0.29, 0.717) is 17.3 Å². The molecule has 1 fully saturated rings. The smallest absolute Gasteiger partial charge is 0.411 e. The van der Waals surface area contributed by atoms with Crippen molar-refractivity contribution in [2.45, 2.75) is 12.5 Å². The molecule has 1 aromatic carbocycles. The van der Waals surface area contributed by atoms with Gasteiger partial charge in [-0.2, -0.15) is 0 Å². The first-order chi connectivity index (χ1) is 7.57. The lowest BCUT2D eigenvalue weighted by atomic mass is 10.2. The number of amides is 1. The molecule has 0 aliphatic carbocycles. The van der Waals surface area contributed by atoms with Crippen molar-refractivity contribution in [3.63, 3.8) is 0 Å². The van der Waals surface area contributed by atoms with E-state index in [1.807, 2.05) is 6.92 Å². The Morgan fingerprint density at radius 2 is 2.19 bits per heavy atom. The second-order valence-electron chi connectivity index (χ2n) is 3.95. The number of benzene rings is 1. The number of carbonyl (C=O) groups is 1. The molecule has 86 valence electrons. The second-order valence-corrected chi connectivity index (χ2v) is 4.38. The molecule has 2 rings (SSSR count). The van der Waals surface area contributed by atoms with Crippen molar-refractivity contribution in [2.24, 2.45) is 0 Å². The van der Waals surface area contributed by atoms with Gasteiger partial charge in [0.2, 0.25) is 0 Å². The van der Waals surface area contributed by atoms with E-state index in [2.05, 4.69) is 5.32 Å². The van der Waals surface area contributed by atoms with Crippen LogP contribution in [0.5, 0.6) is 0 Å². The van der Waals surface area contributed by atoms with E-state index in [1.165, 1.54) is 0 Å². The van der Waals surface area contributed by atoms with Crippen LogP contribution in [0.15, 0.2) is 24.3 Å². The topological polar surface area (TPSA) is 50.9 Å². The second kappa shape index (κ2) is 4.31. The monoisotopic (exact) mass is 241 g/mol. The standard InChI is InChI=1S/C11H12ClNO3/c1-11(7-16-11)6-15-10(14)13-9-4-2-8(12)3-5-9/h2-5H,6-7H2,1H3,(H,13,14). The van der Waals surface area contributed by atoms with Crippen LogP contribution in [0.2, 0.25) is 5.02 Å². The van der Waals surface area contributed by atoms with Crippen LogP contribution in [-0.2, 0) is 9.47 Å². The highest BCUT2D eigenvalue weighted by molar-refractivity contribution is 6.30. The summed E-state index contributed by atoms with van der Waals surface area (Å²) in [5, 5.41) is 3.22. The fourth-order valence-corrected chi connectivity index (χ4v) is 1.24. The van der Waals surface area contributed by atoms with E-state index < -0.39 is 6.09 Å². The minimum atomic E-state index is -0.487. The number of hydrogen-bond acceptors (Lipinski definition) is 3. The molecule has 1 atom stereocenters. The lowest BCUT2D eigenvalue weighted by Gasteiger charge is -2.08. The van der Waals surface area contributed by atoms with E-state index in [4.69, 9.17) is 21.1 Å². The summed E-state index contributed by atoms with van der Waals surface area (Å²) >= 11 is 5.72. The number of rotatable bonds is 3. The molecule has 0 saturated carbocycles.